The Morgan fingerprint density at radius 3 is 2.63 bits per heavy atom. The molecule has 0 radical (unpaired) electrons. The number of rotatable bonds is 12. The number of piperidine rings is 1. The molecule has 6 nitrogen and oxygen atoms in total. The van der Waals surface area contributed by atoms with E-state index < -0.39 is 0 Å². The molecule has 2 aliphatic rings. The summed E-state index contributed by atoms with van der Waals surface area (Å²) < 4.78 is 13.3. The van der Waals surface area contributed by atoms with Crippen molar-refractivity contribution < 1.29 is 14.0 Å². The molecule has 1 aliphatic carbocycles. The number of carbonyl (C=O) groups is 2. The van der Waals surface area contributed by atoms with Gasteiger partial charge in [-0.1, -0.05) is 19.8 Å². The van der Waals surface area contributed by atoms with Gasteiger partial charge in [-0.15, -0.1) is 0 Å². The summed E-state index contributed by atoms with van der Waals surface area (Å²) in [5.74, 6) is 1.03. The van der Waals surface area contributed by atoms with E-state index in [0.29, 0.717) is 18.6 Å². The van der Waals surface area contributed by atoms with Crippen LogP contribution in [0.2, 0.25) is 0 Å². The van der Waals surface area contributed by atoms with Gasteiger partial charge in [0, 0.05) is 18.8 Å². The van der Waals surface area contributed by atoms with E-state index in [-0.39, 0.29) is 29.1 Å². The maximum Gasteiger partial charge on any atom is 0.224 e. The molecule has 1 aromatic heterocycles. The van der Waals surface area contributed by atoms with Crippen molar-refractivity contribution in [3.8, 4) is 11.3 Å². The number of unbranched alkanes of at least 4 members (excludes halogenated alkanes) is 2. The third-order valence-electron chi connectivity index (χ3n) is 7.86. The molecule has 0 unspecified atom stereocenters. The number of carbonyl (C=O) groups excluding carboxylic acids is 2. The number of ketones is 1. The van der Waals surface area contributed by atoms with Crippen LogP contribution in [0.1, 0.15) is 83.0 Å². The van der Waals surface area contributed by atoms with E-state index in [1.54, 1.807) is 18.3 Å². The number of aromatic amines is 1. The fraction of sp³-hybridized carbons (Fsp3) is 0.607. The number of Topliss-reactive ketones (excluding diaryl/α,β-unsaturated/α-hetero) is 1. The summed E-state index contributed by atoms with van der Waals surface area (Å²) in [6, 6.07) is 6.11. The highest BCUT2D eigenvalue weighted by atomic mass is 19.1. The first-order valence-corrected chi connectivity index (χ1v) is 13.2. The molecule has 1 saturated carbocycles. The minimum Gasteiger partial charge on any atom is -0.346 e. The maximum atomic E-state index is 13.3. The van der Waals surface area contributed by atoms with Gasteiger partial charge in [-0.05, 0) is 93.9 Å². The number of imidazole rings is 1. The zero-order valence-corrected chi connectivity index (χ0v) is 21.1. The summed E-state index contributed by atoms with van der Waals surface area (Å²) in [5.41, 5.74) is 1.85. The van der Waals surface area contributed by atoms with Gasteiger partial charge in [-0.3, -0.25) is 9.59 Å². The molecule has 4 rings (SSSR count). The van der Waals surface area contributed by atoms with E-state index in [9.17, 15) is 14.0 Å². The lowest BCUT2D eigenvalue weighted by Crippen LogP contribution is -2.36. The predicted molar refractivity (Wildman–Crippen MR) is 135 cm³/mol. The first-order valence-electron chi connectivity index (χ1n) is 13.2. The molecular formula is C28H39FN4O2. The summed E-state index contributed by atoms with van der Waals surface area (Å²) in [4.78, 5) is 35.4. The molecule has 1 aliphatic heterocycles. The standard InChI is InChI=1S/C28H39FN4O2/c1-3-7-22(34)8-5-4-6-9-24(26-30-19-25(31-26)20-10-12-21(29)13-11-20)32-27(35)23-18-28(23)14-16-33(2)17-15-28/h10-13,19,23-24H,3-9,14-18H2,1-2H3,(H,30,31)(H,32,35)/t23-,24+/m1/s1. The lowest BCUT2D eigenvalue weighted by Gasteiger charge is -2.30. The zero-order valence-electron chi connectivity index (χ0n) is 21.1. The molecule has 1 amide bonds. The minimum atomic E-state index is -0.275. The summed E-state index contributed by atoms with van der Waals surface area (Å²) in [6.45, 7) is 4.15. The van der Waals surface area contributed by atoms with Gasteiger partial charge in [0.15, 0.2) is 0 Å². The molecule has 35 heavy (non-hydrogen) atoms. The van der Waals surface area contributed by atoms with Crippen LogP contribution in [-0.2, 0) is 9.59 Å². The van der Waals surface area contributed by atoms with Gasteiger partial charge in [0.25, 0.3) is 0 Å². The van der Waals surface area contributed by atoms with Crippen LogP contribution in [0.3, 0.4) is 0 Å². The van der Waals surface area contributed by atoms with Gasteiger partial charge in [0.1, 0.15) is 17.4 Å². The average Bonchev–Trinajstić information content (AvgIpc) is 3.32. The van der Waals surface area contributed by atoms with Gasteiger partial charge in [-0.25, -0.2) is 9.37 Å². The predicted octanol–water partition coefficient (Wildman–Crippen LogP) is 5.42. The number of aromatic nitrogens is 2. The molecule has 2 atom stereocenters. The SMILES string of the molecule is CCCC(=O)CCCCC[C@H](NC(=O)[C@H]1CC12CCN(C)CC2)c1ncc(-c2ccc(F)cc2)[nH]1. The lowest BCUT2D eigenvalue weighted by atomic mass is 9.91. The van der Waals surface area contributed by atoms with Crippen molar-refractivity contribution in [3.05, 3.63) is 42.1 Å². The maximum absolute atomic E-state index is 13.3. The van der Waals surface area contributed by atoms with Crippen molar-refractivity contribution in [2.24, 2.45) is 11.3 Å². The minimum absolute atomic E-state index is 0.0943. The molecule has 2 heterocycles. The monoisotopic (exact) mass is 482 g/mol. The lowest BCUT2D eigenvalue weighted by molar-refractivity contribution is -0.124. The quantitative estimate of drug-likeness (QED) is 0.396. The summed E-state index contributed by atoms with van der Waals surface area (Å²) in [6.07, 6.45) is 10.6. The number of benzene rings is 1. The number of nitrogens with zero attached hydrogens (tertiary/aromatic N) is 2. The normalized spacial score (nSPS) is 20.0. The zero-order chi connectivity index (χ0) is 24.8. The highest BCUT2D eigenvalue weighted by Gasteiger charge is 2.58. The molecule has 1 aromatic carbocycles. The van der Waals surface area contributed by atoms with Gasteiger partial charge in [0.05, 0.1) is 17.9 Å². The molecular weight excluding hydrogens is 443 g/mol. The van der Waals surface area contributed by atoms with Gasteiger partial charge in [0.2, 0.25) is 5.91 Å². The van der Waals surface area contributed by atoms with Crippen LogP contribution in [0.5, 0.6) is 0 Å². The highest BCUT2D eigenvalue weighted by Crippen LogP contribution is 2.59. The van der Waals surface area contributed by atoms with E-state index >= 15 is 0 Å². The number of nitrogens with one attached hydrogen (secondary N) is 2. The fourth-order valence-electron chi connectivity index (χ4n) is 5.43. The largest absolute Gasteiger partial charge is 0.346 e. The molecule has 0 bridgehead atoms. The molecule has 190 valence electrons. The van der Waals surface area contributed by atoms with Gasteiger partial charge in [-0.2, -0.15) is 0 Å². The van der Waals surface area contributed by atoms with E-state index in [2.05, 4.69) is 27.2 Å². The van der Waals surface area contributed by atoms with Crippen LogP contribution >= 0.6 is 0 Å². The molecule has 2 fully saturated rings. The highest BCUT2D eigenvalue weighted by molar-refractivity contribution is 5.83. The molecule has 1 spiro atoms. The third-order valence-corrected chi connectivity index (χ3v) is 7.86. The van der Waals surface area contributed by atoms with Crippen molar-refractivity contribution in [3.63, 3.8) is 0 Å². The second kappa shape index (κ2) is 11.5. The second-order valence-electron chi connectivity index (χ2n) is 10.6. The summed E-state index contributed by atoms with van der Waals surface area (Å²) in [7, 11) is 2.14. The van der Waals surface area contributed by atoms with E-state index in [1.165, 1.54) is 12.1 Å². The number of likely N-dealkylation sites (tertiary alicyclic amines) is 1. The van der Waals surface area contributed by atoms with Crippen molar-refractivity contribution in [2.45, 2.75) is 77.2 Å². The van der Waals surface area contributed by atoms with Crippen molar-refractivity contribution in [2.75, 3.05) is 20.1 Å². The Kier molecular flexibility index (Phi) is 8.37. The molecule has 7 heteroatoms. The fourth-order valence-corrected chi connectivity index (χ4v) is 5.43. The number of amides is 1. The first-order chi connectivity index (χ1) is 16.9. The van der Waals surface area contributed by atoms with E-state index in [0.717, 1.165) is 81.5 Å². The number of hydrogen-bond acceptors (Lipinski definition) is 4. The van der Waals surface area contributed by atoms with Crippen LogP contribution < -0.4 is 5.32 Å². The Bertz CT molecular complexity index is 995. The van der Waals surface area contributed by atoms with Crippen LogP contribution in [0.25, 0.3) is 11.3 Å². The Labute approximate surface area is 208 Å². The van der Waals surface area contributed by atoms with Crippen LogP contribution in [0.15, 0.2) is 30.5 Å². The molecule has 2 aromatic rings. The average molecular weight is 483 g/mol. The number of hydrogen-bond donors (Lipinski definition) is 2. The van der Waals surface area contributed by atoms with Crippen LogP contribution in [0.4, 0.5) is 4.39 Å². The topological polar surface area (TPSA) is 78.1 Å². The number of H-pyrrole nitrogens is 1. The Morgan fingerprint density at radius 1 is 1.17 bits per heavy atom. The van der Waals surface area contributed by atoms with E-state index in [4.69, 9.17) is 0 Å². The Morgan fingerprint density at radius 2 is 1.91 bits per heavy atom. The summed E-state index contributed by atoms with van der Waals surface area (Å²) in [5, 5.41) is 3.30. The van der Waals surface area contributed by atoms with Gasteiger partial charge >= 0.3 is 0 Å². The molecule has 1 saturated heterocycles. The van der Waals surface area contributed by atoms with E-state index in [1.807, 2.05) is 6.92 Å². The molecule has 2 N–H and O–H groups in total. The van der Waals surface area contributed by atoms with Crippen LogP contribution in [-0.4, -0.2) is 46.7 Å². The van der Waals surface area contributed by atoms with Crippen molar-refractivity contribution in [1.29, 1.82) is 0 Å². The first kappa shape index (κ1) is 25.5. The number of halogens is 1. The summed E-state index contributed by atoms with van der Waals surface area (Å²) >= 11 is 0. The second-order valence-corrected chi connectivity index (χ2v) is 10.6. The van der Waals surface area contributed by atoms with Crippen LogP contribution in [0, 0.1) is 17.2 Å². The third kappa shape index (κ3) is 6.57. The van der Waals surface area contributed by atoms with Crippen molar-refractivity contribution in [1.82, 2.24) is 20.2 Å². The van der Waals surface area contributed by atoms with Crippen molar-refractivity contribution >= 4 is 11.7 Å². The smallest absolute Gasteiger partial charge is 0.224 e. The Hall–Kier alpha value is -2.54. The Balaban J connectivity index is 1.38. The van der Waals surface area contributed by atoms with Gasteiger partial charge < -0.3 is 15.2 Å².